The van der Waals surface area contributed by atoms with Crippen molar-refractivity contribution in [3.05, 3.63) is 41.7 Å². The number of hydrogen-bond acceptors (Lipinski definition) is 8. The van der Waals surface area contributed by atoms with Crippen LogP contribution >= 0.6 is 11.3 Å². The van der Waals surface area contributed by atoms with E-state index < -0.39 is 23.6 Å². The minimum absolute atomic E-state index is 0.0230. The Morgan fingerprint density at radius 1 is 1.28 bits per heavy atom. The van der Waals surface area contributed by atoms with Crippen molar-refractivity contribution in [2.75, 3.05) is 29.0 Å². The monoisotopic (exact) mass is 463 g/mol. The molecule has 6 N–H and O–H groups in total. The van der Waals surface area contributed by atoms with Gasteiger partial charge >= 0.3 is 0 Å². The van der Waals surface area contributed by atoms with Crippen molar-refractivity contribution in [3.63, 3.8) is 0 Å². The fraction of sp³-hybridized carbons (Fsp3) is 0.350. The molecular formula is C20H23F2N7O2S. The molecular weight excluding hydrogens is 440 g/mol. The number of aromatic nitrogens is 3. The van der Waals surface area contributed by atoms with E-state index in [1.165, 1.54) is 12.3 Å². The standard InChI is InChI=1S/C20H23F2N7O2S/c1-28-20(29-7-5-12(23)14(30)6-8-29)13(9-25-28)26-18(31)16-17(24)32-19(27-16)15-10(21)3-2-4-11(15)22/h2-4,9,12,14,30H,5-8,23-24H2,1H3,(H,26,31). The van der Waals surface area contributed by atoms with Crippen LogP contribution in [0.1, 0.15) is 23.3 Å². The van der Waals surface area contributed by atoms with Gasteiger partial charge in [-0.2, -0.15) is 5.10 Å². The van der Waals surface area contributed by atoms with E-state index in [4.69, 9.17) is 11.5 Å². The Kier molecular flexibility index (Phi) is 6.09. The lowest BCUT2D eigenvalue weighted by atomic mass is 10.1. The molecule has 9 nitrogen and oxygen atoms in total. The molecule has 4 rings (SSSR count). The van der Waals surface area contributed by atoms with E-state index in [0.717, 1.165) is 23.5 Å². The topological polar surface area (TPSA) is 135 Å². The predicted molar refractivity (Wildman–Crippen MR) is 118 cm³/mol. The number of anilines is 3. The average molecular weight is 464 g/mol. The molecule has 0 radical (unpaired) electrons. The lowest BCUT2D eigenvalue weighted by Crippen LogP contribution is -2.34. The summed E-state index contributed by atoms with van der Waals surface area (Å²) in [5.74, 6) is -1.56. The second kappa shape index (κ2) is 8.81. The highest BCUT2D eigenvalue weighted by Gasteiger charge is 2.27. The number of aliphatic hydroxyl groups is 1. The number of carbonyl (C=O) groups is 1. The van der Waals surface area contributed by atoms with Gasteiger partial charge in [0.15, 0.2) is 11.5 Å². The molecule has 1 fully saturated rings. The molecule has 1 aliphatic rings. The number of nitrogens with one attached hydrogen (secondary N) is 1. The Labute approximate surface area is 186 Å². The number of nitrogen functional groups attached to an aromatic ring is 1. The summed E-state index contributed by atoms with van der Waals surface area (Å²) >= 11 is 0.828. The average Bonchev–Trinajstić information content (AvgIpc) is 3.25. The first-order valence-electron chi connectivity index (χ1n) is 9.99. The Balaban J connectivity index is 1.59. The van der Waals surface area contributed by atoms with Gasteiger partial charge < -0.3 is 26.8 Å². The van der Waals surface area contributed by atoms with E-state index in [1.807, 2.05) is 4.90 Å². The second-order valence-electron chi connectivity index (χ2n) is 7.58. The molecule has 1 saturated heterocycles. The number of carbonyl (C=O) groups excluding carboxylic acids is 1. The van der Waals surface area contributed by atoms with Crippen LogP contribution in [0.15, 0.2) is 24.4 Å². The molecule has 2 unspecified atom stereocenters. The Morgan fingerprint density at radius 3 is 2.69 bits per heavy atom. The summed E-state index contributed by atoms with van der Waals surface area (Å²) < 4.78 is 29.8. The van der Waals surface area contributed by atoms with Gasteiger partial charge in [0, 0.05) is 26.2 Å². The number of amides is 1. The molecule has 1 aromatic carbocycles. The van der Waals surface area contributed by atoms with Gasteiger partial charge in [-0.15, -0.1) is 0 Å². The lowest BCUT2D eigenvalue weighted by molar-refractivity contribution is 0.102. The van der Waals surface area contributed by atoms with Gasteiger partial charge in [-0.25, -0.2) is 13.8 Å². The number of nitrogens with two attached hydrogens (primary N) is 2. The fourth-order valence-corrected chi connectivity index (χ4v) is 4.58. The summed E-state index contributed by atoms with van der Waals surface area (Å²) in [7, 11) is 1.74. The van der Waals surface area contributed by atoms with Gasteiger partial charge in [-0.1, -0.05) is 17.4 Å². The van der Waals surface area contributed by atoms with Gasteiger partial charge in [0.1, 0.15) is 27.3 Å². The van der Waals surface area contributed by atoms with Gasteiger partial charge in [-0.3, -0.25) is 9.48 Å². The van der Waals surface area contributed by atoms with E-state index in [1.54, 1.807) is 11.7 Å². The van der Waals surface area contributed by atoms with Crippen LogP contribution in [-0.4, -0.2) is 51.0 Å². The zero-order valence-corrected chi connectivity index (χ0v) is 18.1. The summed E-state index contributed by atoms with van der Waals surface area (Å²) in [6, 6.07) is 3.15. The highest BCUT2D eigenvalue weighted by Crippen LogP contribution is 2.34. The van der Waals surface area contributed by atoms with Crippen molar-refractivity contribution >= 4 is 33.8 Å². The Bertz CT molecular complexity index is 1120. The highest BCUT2D eigenvalue weighted by molar-refractivity contribution is 7.19. The van der Waals surface area contributed by atoms with Crippen molar-refractivity contribution in [1.82, 2.24) is 14.8 Å². The van der Waals surface area contributed by atoms with Crippen LogP contribution < -0.4 is 21.7 Å². The smallest absolute Gasteiger partial charge is 0.277 e. The van der Waals surface area contributed by atoms with E-state index in [0.29, 0.717) is 37.4 Å². The lowest BCUT2D eigenvalue weighted by Gasteiger charge is -2.24. The van der Waals surface area contributed by atoms with E-state index in [-0.39, 0.29) is 27.3 Å². The third-order valence-corrected chi connectivity index (χ3v) is 6.32. The van der Waals surface area contributed by atoms with Crippen molar-refractivity contribution in [3.8, 4) is 10.6 Å². The number of thiazole rings is 1. The predicted octanol–water partition coefficient (Wildman–Crippen LogP) is 1.94. The highest BCUT2D eigenvalue weighted by atomic mass is 32.1. The minimum Gasteiger partial charge on any atom is -0.391 e. The molecule has 0 saturated carbocycles. The normalized spacial score (nSPS) is 19.1. The first kappa shape index (κ1) is 22.1. The van der Waals surface area contributed by atoms with Crippen LogP contribution in [0.5, 0.6) is 0 Å². The maximum absolute atomic E-state index is 14.1. The summed E-state index contributed by atoms with van der Waals surface area (Å²) in [4.78, 5) is 19.0. The van der Waals surface area contributed by atoms with Crippen LogP contribution in [0.25, 0.3) is 10.6 Å². The number of aliphatic hydroxyl groups excluding tert-OH is 1. The Morgan fingerprint density at radius 2 is 1.97 bits per heavy atom. The molecule has 2 atom stereocenters. The molecule has 0 spiro atoms. The molecule has 1 amide bonds. The minimum atomic E-state index is -0.790. The van der Waals surface area contributed by atoms with Crippen LogP contribution in [-0.2, 0) is 7.05 Å². The fourth-order valence-electron chi connectivity index (χ4n) is 3.70. The van der Waals surface area contributed by atoms with Crippen molar-refractivity contribution in [1.29, 1.82) is 0 Å². The largest absolute Gasteiger partial charge is 0.391 e. The number of nitrogens with zero attached hydrogens (tertiary/aromatic N) is 4. The van der Waals surface area contributed by atoms with E-state index >= 15 is 0 Å². The first-order chi connectivity index (χ1) is 15.3. The quantitative estimate of drug-likeness (QED) is 0.464. The number of benzene rings is 1. The number of hydrogen-bond donors (Lipinski definition) is 4. The van der Waals surface area contributed by atoms with Crippen LogP contribution in [0.3, 0.4) is 0 Å². The van der Waals surface area contributed by atoms with Gasteiger partial charge in [0.05, 0.1) is 17.9 Å². The van der Waals surface area contributed by atoms with Gasteiger partial charge in [0.2, 0.25) is 0 Å². The molecule has 32 heavy (non-hydrogen) atoms. The number of aryl methyl sites for hydroxylation is 1. The molecule has 12 heteroatoms. The maximum Gasteiger partial charge on any atom is 0.277 e. The van der Waals surface area contributed by atoms with Crippen molar-refractivity contribution < 1.29 is 18.7 Å². The third kappa shape index (κ3) is 4.16. The molecule has 0 bridgehead atoms. The van der Waals surface area contributed by atoms with Crippen LogP contribution in [0.4, 0.5) is 25.3 Å². The van der Waals surface area contributed by atoms with E-state index in [9.17, 15) is 18.7 Å². The molecule has 2 aromatic heterocycles. The summed E-state index contributed by atoms with van der Waals surface area (Å²) in [6.07, 6.45) is 1.96. The zero-order valence-electron chi connectivity index (χ0n) is 17.3. The summed E-state index contributed by atoms with van der Waals surface area (Å²) in [5, 5.41) is 17.0. The second-order valence-corrected chi connectivity index (χ2v) is 8.61. The van der Waals surface area contributed by atoms with Crippen molar-refractivity contribution in [2.45, 2.75) is 25.0 Å². The molecule has 1 aliphatic heterocycles. The molecule has 0 aliphatic carbocycles. The molecule has 3 heterocycles. The molecule has 170 valence electrons. The Hall–Kier alpha value is -3.09. The molecule has 3 aromatic rings. The van der Waals surface area contributed by atoms with Gasteiger partial charge in [-0.05, 0) is 25.0 Å². The number of halogens is 2. The zero-order chi connectivity index (χ0) is 23.0. The van der Waals surface area contributed by atoms with Crippen LogP contribution in [0, 0.1) is 11.6 Å². The SMILES string of the molecule is Cn1ncc(NC(=O)c2nc(-c3c(F)cccc3F)sc2N)c1N1CCC(N)C(O)CC1. The first-order valence-corrected chi connectivity index (χ1v) is 10.8. The van der Waals surface area contributed by atoms with Gasteiger partial charge in [0.25, 0.3) is 5.91 Å². The van der Waals surface area contributed by atoms with E-state index in [2.05, 4.69) is 15.4 Å². The van der Waals surface area contributed by atoms with Crippen LogP contribution in [0.2, 0.25) is 0 Å². The summed E-state index contributed by atoms with van der Waals surface area (Å²) in [6.45, 7) is 1.11. The van der Waals surface area contributed by atoms with Crippen molar-refractivity contribution in [2.24, 2.45) is 12.8 Å². The maximum atomic E-state index is 14.1. The third-order valence-electron chi connectivity index (χ3n) is 5.42. The number of rotatable bonds is 4. The summed E-state index contributed by atoms with van der Waals surface area (Å²) in [5.41, 5.74) is 11.9.